The third-order valence-corrected chi connectivity index (χ3v) is 4.13. The second-order valence-corrected chi connectivity index (χ2v) is 5.91. The predicted molar refractivity (Wildman–Crippen MR) is 82.5 cm³/mol. The number of unbranched alkanes of at least 4 members (excludes halogenated alkanes) is 3. The Morgan fingerprint density at radius 1 is 1.39 bits per heavy atom. The minimum Gasteiger partial charge on any atom is -0.383 e. The molecule has 0 aromatic carbocycles. The average molecular weight is 334 g/mol. The molecule has 0 aliphatic rings. The van der Waals surface area contributed by atoms with E-state index in [2.05, 4.69) is 32.6 Å². The minimum absolute atomic E-state index is 0.111. The fourth-order valence-corrected chi connectivity index (χ4v) is 2.57. The third kappa shape index (κ3) is 5.02. The number of halogens is 1. The second-order valence-electron chi connectivity index (χ2n) is 4.13. The third-order valence-electron chi connectivity index (χ3n) is 2.67. The monoisotopic (exact) mass is 333 g/mol. The lowest BCUT2D eigenvalue weighted by atomic mass is 10.2. The maximum atomic E-state index is 11.6. The van der Waals surface area contributed by atoms with Gasteiger partial charge in [0.05, 0.1) is 11.9 Å². The molecular formula is C12H20BrN3OS. The summed E-state index contributed by atoms with van der Waals surface area (Å²) in [4.78, 5) is 11.6. The molecule has 0 amide bonds. The Kier molecular flexibility index (Phi) is 7.42. The van der Waals surface area contributed by atoms with Crippen molar-refractivity contribution in [3.8, 4) is 0 Å². The van der Waals surface area contributed by atoms with Gasteiger partial charge in [0.25, 0.3) is 5.56 Å². The summed E-state index contributed by atoms with van der Waals surface area (Å²) in [7, 11) is 1.64. The normalized spacial score (nSPS) is 10.6. The van der Waals surface area contributed by atoms with Crippen LogP contribution in [0.25, 0.3) is 0 Å². The zero-order chi connectivity index (χ0) is 13.4. The number of aryl methyl sites for hydroxylation is 1. The van der Waals surface area contributed by atoms with Crippen molar-refractivity contribution in [1.29, 1.82) is 0 Å². The molecule has 0 saturated heterocycles. The van der Waals surface area contributed by atoms with Crippen LogP contribution in [0.1, 0.15) is 25.7 Å². The Morgan fingerprint density at radius 3 is 2.83 bits per heavy atom. The van der Waals surface area contributed by atoms with Gasteiger partial charge in [-0.3, -0.25) is 4.79 Å². The first-order valence-corrected chi connectivity index (χ1v) is 8.30. The highest BCUT2D eigenvalue weighted by atomic mass is 79.9. The predicted octanol–water partition coefficient (Wildman–Crippen LogP) is 2.88. The Bertz CT molecular complexity index is 422. The van der Waals surface area contributed by atoms with E-state index in [9.17, 15) is 4.79 Å². The van der Waals surface area contributed by atoms with Crippen LogP contribution in [-0.2, 0) is 7.05 Å². The number of thioether (sulfide) groups is 1. The van der Waals surface area contributed by atoms with Gasteiger partial charge in [0.15, 0.2) is 0 Å². The van der Waals surface area contributed by atoms with E-state index >= 15 is 0 Å². The van der Waals surface area contributed by atoms with Crippen LogP contribution in [-0.4, -0.2) is 28.3 Å². The Labute approximate surface area is 121 Å². The molecule has 1 heterocycles. The molecule has 0 radical (unpaired) electrons. The molecule has 0 atom stereocenters. The number of nitrogens with one attached hydrogen (secondary N) is 1. The van der Waals surface area contributed by atoms with Crippen molar-refractivity contribution in [1.82, 2.24) is 9.78 Å². The molecule has 0 aliphatic carbocycles. The zero-order valence-corrected chi connectivity index (χ0v) is 13.3. The van der Waals surface area contributed by atoms with Gasteiger partial charge < -0.3 is 5.32 Å². The highest BCUT2D eigenvalue weighted by Gasteiger charge is 2.05. The summed E-state index contributed by atoms with van der Waals surface area (Å²) in [5, 5.41) is 7.23. The van der Waals surface area contributed by atoms with Gasteiger partial charge in [-0.15, -0.1) is 0 Å². The molecular weight excluding hydrogens is 314 g/mol. The first-order valence-electron chi connectivity index (χ1n) is 6.11. The summed E-state index contributed by atoms with van der Waals surface area (Å²) in [5.74, 6) is 1.25. The maximum Gasteiger partial charge on any atom is 0.282 e. The van der Waals surface area contributed by atoms with Gasteiger partial charge in [-0.2, -0.15) is 16.9 Å². The number of anilines is 1. The van der Waals surface area contributed by atoms with Crippen LogP contribution in [0.5, 0.6) is 0 Å². The van der Waals surface area contributed by atoms with Gasteiger partial charge in [-0.1, -0.05) is 12.8 Å². The highest BCUT2D eigenvalue weighted by Crippen LogP contribution is 2.16. The van der Waals surface area contributed by atoms with Crippen molar-refractivity contribution in [3.63, 3.8) is 0 Å². The fraction of sp³-hybridized carbons (Fsp3) is 0.667. The zero-order valence-electron chi connectivity index (χ0n) is 10.9. The minimum atomic E-state index is -0.111. The molecule has 1 rings (SSSR count). The molecule has 1 aromatic heterocycles. The van der Waals surface area contributed by atoms with Gasteiger partial charge in [-0.25, -0.2) is 4.68 Å². The van der Waals surface area contributed by atoms with E-state index < -0.39 is 0 Å². The smallest absolute Gasteiger partial charge is 0.282 e. The SMILES string of the molecule is CSCCCCCCNc1cnn(C)c(=O)c1Br. The first kappa shape index (κ1) is 15.6. The first-order chi connectivity index (χ1) is 8.66. The van der Waals surface area contributed by atoms with Crippen molar-refractivity contribution in [2.75, 3.05) is 23.9 Å². The van der Waals surface area contributed by atoms with E-state index in [0.29, 0.717) is 4.47 Å². The van der Waals surface area contributed by atoms with E-state index in [1.54, 1.807) is 13.2 Å². The number of hydrogen-bond acceptors (Lipinski definition) is 4. The molecule has 1 aromatic rings. The Morgan fingerprint density at radius 2 is 2.11 bits per heavy atom. The molecule has 4 nitrogen and oxygen atoms in total. The van der Waals surface area contributed by atoms with Crippen LogP contribution in [0.4, 0.5) is 5.69 Å². The van der Waals surface area contributed by atoms with E-state index in [-0.39, 0.29) is 5.56 Å². The van der Waals surface area contributed by atoms with Gasteiger partial charge in [-0.05, 0) is 40.8 Å². The quantitative estimate of drug-likeness (QED) is 0.743. The van der Waals surface area contributed by atoms with Crippen LogP contribution in [0.2, 0.25) is 0 Å². The number of nitrogens with zero attached hydrogens (tertiary/aromatic N) is 2. The molecule has 18 heavy (non-hydrogen) atoms. The lowest BCUT2D eigenvalue weighted by Crippen LogP contribution is -2.21. The molecule has 0 fully saturated rings. The van der Waals surface area contributed by atoms with Crippen molar-refractivity contribution in [2.24, 2.45) is 7.05 Å². The fourth-order valence-electron chi connectivity index (χ4n) is 1.58. The molecule has 0 saturated carbocycles. The van der Waals surface area contributed by atoms with Crippen LogP contribution in [0.3, 0.4) is 0 Å². The molecule has 0 spiro atoms. The molecule has 6 heteroatoms. The molecule has 0 aliphatic heterocycles. The largest absolute Gasteiger partial charge is 0.383 e. The summed E-state index contributed by atoms with van der Waals surface area (Å²) < 4.78 is 1.87. The van der Waals surface area contributed by atoms with Gasteiger partial charge in [0, 0.05) is 13.6 Å². The summed E-state index contributed by atoms with van der Waals surface area (Å²) in [6.45, 7) is 0.882. The average Bonchev–Trinajstić information content (AvgIpc) is 2.37. The Balaban J connectivity index is 2.28. The van der Waals surface area contributed by atoms with E-state index in [0.717, 1.165) is 18.7 Å². The second kappa shape index (κ2) is 8.58. The lowest BCUT2D eigenvalue weighted by Gasteiger charge is -2.08. The van der Waals surface area contributed by atoms with Crippen LogP contribution < -0.4 is 10.9 Å². The van der Waals surface area contributed by atoms with Crippen LogP contribution >= 0.6 is 27.7 Å². The Hall–Kier alpha value is -0.490. The van der Waals surface area contributed by atoms with Crippen molar-refractivity contribution < 1.29 is 0 Å². The van der Waals surface area contributed by atoms with Crippen molar-refractivity contribution in [3.05, 3.63) is 21.0 Å². The number of aromatic nitrogens is 2. The molecule has 0 bridgehead atoms. The highest BCUT2D eigenvalue weighted by molar-refractivity contribution is 9.10. The van der Waals surface area contributed by atoms with E-state index in [1.165, 1.54) is 29.7 Å². The van der Waals surface area contributed by atoms with Gasteiger partial charge in [0.1, 0.15) is 4.47 Å². The van der Waals surface area contributed by atoms with Crippen LogP contribution in [0.15, 0.2) is 15.5 Å². The summed E-state index contributed by atoms with van der Waals surface area (Å²) in [6.07, 6.45) is 8.73. The molecule has 102 valence electrons. The van der Waals surface area contributed by atoms with Gasteiger partial charge >= 0.3 is 0 Å². The molecule has 0 unspecified atom stereocenters. The maximum absolute atomic E-state index is 11.6. The molecule has 1 N–H and O–H groups in total. The van der Waals surface area contributed by atoms with E-state index in [1.807, 2.05) is 11.8 Å². The van der Waals surface area contributed by atoms with Crippen molar-refractivity contribution >= 4 is 33.4 Å². The van der Waals surface area contributed by atoms with Gasteiger partial charge in [0.2, 0.25) is 0 Å². The summed E-state index contributed by atoms with van der Waals surface area (Å²) in [5.41, 5.74) is 0.669. The summed E-state index contributed by atoms with van der Waals surface area (Å²) >= 11 is 5.20. The standard InChI is InChI=1S/C12H20BrN3OS/c1-16-12(17)11(13)10(9-15-16)14-7-5-3-4-6-8-18-2/h9,14H,3-8H2,1-2H3. The number of hydrogen-bond donors (Lipinski definition) is 1. The topological polar surface area (TPSA) is 46.9 Å². The van der Waals surface area contributed by atoms with Crippen molar-refractivity contribution in [2.45, 2.75) is 25.7 Å². The van der Waals surface area contributed by atoms with Crippen LogP contribution in [0, 0.1) is 0 Å². The summed E-state index contributed by atoms with van der Waals surface area (Å²) in [6, 6.07) is 0. The number of rotatable bonds is 8. The van der Waals surface area contributed by atoms with E-state index in [4.69, 9.17) is 0 Å². The lowest BCUT2D eigenvalue weighted by molar-refractivity contribution is 0.684.